The predicted molar refractivity (Wildman–Crippen MR) is 112 cm³/mol. The number of piperidine rings is 1. The van der Waals surface area contributed by atoms with E-state index in [1.165, 1.54) is 24.1 Å². The lowest BCUT2D eigenvalue weighted by Crippen LogP contribution is -2.29. The summed E-state index contributed by atoms with van der Waals surface area (Å²) in [6.07, 6.45) is 3.28. The molecular weight excluding hydrogens is 362 g/mol. The Morgan fingerprint density at radius 1 is 1.03 bits per heavy atom. The zero-order valence-electron chi connectivity index (χ0n) is 16.3. The van der Waals surface area contributed by atoms with E-state index in [4.69, 9.17) is 15.7 Å². The van der Waals surface area contributed by atoms with Gasteiger partial charge in [-0.25, -0.2) is 4.98 Å². The molecule has 1 saturated heterocycles. The lowest BCUT2D eigenvalue weighted by molar-refractivity contribution is 0.723. The van der Waals surface area contributed by atoms with Crippen molar-refractivity contribution in [1.82, 2.24) is 20.2 Å². The lowest BCUT2D eigenvalue weighted by atomic mass is 10.1. The van der Waals surface area contributed by atoms with Crippen LogP contribution in [0.2, 0.25) is 0 Å². The van der Waals surface area contributed by atoms with Gasteiger partial charge in [0.15, 0.2) is 5.82 Å². The summed E-state index contributed by atoms with van der Waals surface area (Å²) < 4.78 is 0. The quantitative estimate of drug-likeness (QED) is 0.602. The molecule has 2 aliphatic carbocycles. The first-order chi connectivity index (χ1) is 14.2. The molecule has 2 aromatic heterocycles. The Morgan fingerprint density at radius 2 is 1.83 bits per heavy atom. The molecule has 1 aliphatic heterocycles. The number of benzene rings is 1. The van der Waals surface area contributed by atoms with Crippen molar-refractivity contribution in [3.8, 4) is 0 Å². The average molecular weight is 387 g/mol. The van der Waals surface area contributed by atoms with Gasteiger partial charge in [-0.05, 0) is 30.2 Å². The third kappa shape index (κ3) is 3.35. The molecule has 0 spiro atoms. The van der Waals surface area contributed by atoms with Crippen LogP contribution in [0.25, 0.3) is 0 Å². The van der Waals surface area contributed by atoms with Crippen LogP contribution in [0.4, 0.5) is 17.6 Å². The van der Waals surface area contributed by atoms with E-state index in [-0.39, 0.29) is 0 Å². The van der Waals surface area contributed by atoms with Gasteiger partial charge < -0.3 is 16.0 Å². The highest BCUT2D eigenvalue weighted by atomic mass is 15.3. The van der Waals surface area contributed by atoms with Gasteiger partial charge in [-0.15, -0.1) is 0 Å². The Morgan fingerprint density at radius 3 is 2.59 bits per heavy atom. The number of hydrogen-bond acceptors (Lipinski definition) is 6. The molecule has 4 N–H and O–H groups in total. The van der Waals surface area contributed by atoms with Crippen LogP contribution >= 0.6 is 0 Å². The molecule has 3 heterocycles. The van der Waals surface area contributed by atoms with E-state index < -0.39 is 0 Å². The van der Waals surface area contributed by atoms with E-state index in [2.05, 4.69) is 50.7 Å². The minimum atomic E-state index is 0.362. The van der Waals surface area contributed by atoms with Gasteiger partial charge in [-0.1, -0.05) is 30.3 Å². The van der Waals surface area contributed by atoms with Crippen LogP contribution in [-0.2, 0) is 6.42 Å². The number of hydrogen-bond donors (Lipinski definition) is 3. The number of anilines is 3. The van der Waals surface area contributed by atoms with Crippen molar-refractivity contribution in [1.29, 1.82) is 0 Å². The minimum Gasteiger partial charge on any atom is -0.340 e. The lowest BCUT2D eigenvalue weighted by Gasteiger charge is -2.20. The van der Waals surface area contributed by atoms with Gasteiger partial charge in [0.2, 0.25) is 5.95 Å². The first kappa shape index (κ1) is 17.0. The number of nitrogens with one attached hydrogen (secondary N) is 2. The van der Waals surface area contributed by atoms with Crippen molar-refractivity contribution in [2.75, 3.05) is 23.3 Å². The van der Waals surface area contributed by atoms with Crippen molar-refractivity contribution in [2.24, 2.45) is 17.6 Å². The number of nitrogens with zero attached hydrogens (tertiary/aromatic N) is 4. The normalized spacial score (nSPS) is 25.1. The number of aromatic amines is 1. The fourth-order valence-corrected chi connectivity index (χ4v) is 4.46. The Kier molecular flexibility index (Phi) is 3.84. The summed E-state index contributed by atoms with van der Waals surface area (Å²) in [5.74, 6) is 4.24. The topological polar surface area (TPSA) is 95.8 Å². The second-order valence-corrected chi connectivity index (χ2v) is 8.62. The van der Waals surface area contributed by atoms with Crippen molar-refractivity contribution in [3.63, 3.8) is 0 Å². The van der Waals surface area contributed by atoms with E-state index in [1.807, 2.05) is 12.1 Å². The van der Waals surface area contributed by atoms with Crippen LogP contribution in [0.3, 0.4) is 0 Å². The Hall–Kier alpha value is -2.93. The zero-order valence-corrected chi connectivity index (χ0v) is 16.3. The molecule has 6 rings (SSSR count). The monoisotopic (exact) mass is 387 g/mol. The van der Waals surface area contributed by atoms with E-state index in [0.29, 0.717) is 23.8 Å². The molecule has 0 bridgehead atoms. The van der Waals surface area contributed by atoms with E-state index in [0.717, 1.165) is 42.8 Å². The molecule has 0 radical (unpaired) electrons. The van der Waals surface area contributed by atoms with Gasteiger partial charge in [0.1, 0.15) is 5.82 Å². The number of rotatable bonds is 6. The predicted octanol–water partition coefficient (Wildman–Crippen LogP) is 2.80. The summed E-state index contributed by atoms with van der Waals surface area (Å²) in [7, 11) is 0. The largest absolute Gasteiger partial charge is 0.340 e. The first-order valence-electron chi connectivity index (χ1n) is 10.5. The van der Waals surface area contributed by atoms with Gasteiger partial charge in [-0.2, -0.15) is 10.1 Å². The summed E-state index contributed by atoms with van der Waals surface area (Å²) >= 11 is 0. The van der Waals surface area contributed by atoms with Crippen molar-refractivity contribution >= 4 is 17.6 Å². The summed E-state index contributed by atoms with van der Waals surface area (Å²) in [5, 5.41) is 10.9. The molecule has 3 atom stereocenters. The van der Waals surface area contributed by atoms with Crippen molar-refractivity contribution in [2.45, 2.75) is 31.2 Å². The molecule has 7 nitrogen and oxygen atoms in total. The maximum Gasteiger partial charge on any atom is 0.227 e. The number of aromatic nitrogens is 4. The highest BCUT2D eigenvalue weighted by Gasteiger charge is 2.54. The third-order valence-electron chi connectivity index (χ3n) is 6.41. The average Bonchev–Trinajstić information content (AvgIpc) is 3.55. The van der Waals surface area contributed by atoms with Crippen LogP contribution in [-0.4, -0.2) is 39.3 Å². The first-order valence-corrected chi connectivity index (χ1v) is 10.5. The SMILES string of the molecule is NC1[C@H]2CN(c3nc(Cc4ccccc4)cc(Nc4cc(C5CC5)[nH]n4)n3)C[C@@H]12. The van der Waals surface area contributed by atoms with E-state index >= 15 is 0 Å². The summed E-state index contributed by atoms with van der Waals surface area (Å²) in [4.78, 5) is 12.0. The molecule has 29 heavy (non-hydrogen) atoms. The summed E-state index contributed by atoms with van der Waals surface area (Å²) in [6, 6.07) is 14.9. The number of nitrogens with two attached hydrogens (primary N) is 1. The molecule has 3 aliphatic rings. The second kappa shape index (κ2) is 6.56. The maximum atomic E-state index is 6.12. The Balaban J connectivity index is 1.28. The minimum absolute atomic E-state index is 0.362. The third-order valence-corrected chi connectivity index (χ3v) is 6.41. The molecule has 3 fully saturated rings. The molecule has 2 saturated carbocycles. The molecule has 3 aromatic rings. The second-order valence-electron chi connectivity index (χ2n) is 8.62. The summed E-state index contributed by atoms with van der Waals surface area (Å²) in [6.45, 7) is 1.91. The van der Waals surface area contributed by atoms with Gasteiger partial charge >= 0.3 is 0 Å². The van der Waals surface area contributed by atoms with Crippen LogP contribution < -0.4 is 16.0 Å². The van der Waals surface area contributed by atoms with Crippen LogP contribution in [0.5, 0.6) is 0 Å². The van der Waals surface area contributed by atoms with Crippen molar-refractivity contribution < 1.29 is 0 Å². The van der Waals surface area contributed by atoms with E-state index in [9.17, 15) is 0 Å². The molecule has 7 heteroatoms. The van der Waals surface area contributed by atoms with Gasteiger partial charge in [0.25, 0.3) is 0 Å². The molecule has 1 aromatic carbocycles. The highest BCUT2D eigenvalue weighted by Crippen LogP contribution is 2.45. The fraction of sp³-hybridized carbons (Fsp3) is 0.409. The van der Waals surface area contributed by atoms with Gasteiger partial charge in [-0.3, -0.25) is 5.10 Å². The number of fused-ring (bicyclic) bond motifs is 1. The van der Waals surface area contributed by atoms with Gasteiger partial charge in [0.05, 0.1) is 5.69 Å². The summed E-state index contributed by atoms with van der Waals surface area (Å²) in [5.41, 5.74) is 9.57. The molecule has 1 unspecified atom stereocenters. The van der Waals surface area contributed by atoms with Crippen LogP contribution in [0.1, 0.15) is 35.7 Å². The van der Waals surface area contributed by atoms with Crippen LogP contribution in [0, 0.1) is 11.8 Å². The Labute approximate surface area is 169 Å². The van der Waals surface area contributed by atoms with Gasteiger partial charge in [0, 0.05) is 49.3 Å². The zero-order chi connectivity index (χ0) is 19.4. The highest BCUT2D eigenvalue weighted by molar-refractivity contribution is 5.55. The molecule has 148 valence electrons. The molecular formula is C22H25N7. The maximum absolute atomic E-state index is 6.12. The van der Waals surface area contributed by atoms with Crippen LogP contribution in [0.15, 0.2) is 42.5 Å². The molecule has 0 amide bonds. The smallest absolute Gasteiger partial charge is 0.227 e. The standard InChI is InChI=1S/C22H25N7/c23-21-16-11-29(12-17(16)21)22-24-15(8-13-4-2-1-3-5-13)9-19(26-22)25-20-10-18(27-28-20)14-6-7-14/h1-5,9-10,14,16-17,21H,6-8,11-12,23H2,(H2,24,25,26,27,28)/t16-,17+,21?. The number of H-pyrrole nitrogens is 1. The van der Waals surface area contributed by atoms with Crippen molar-refractivity contribution in [3.05, 3.63) is 59.4 Å². The Bertz CT molecular complexity index is 1010. The fourth-order valence-electron chi connectivity index (χ4n) is 4.46. The van der Waals surface area contributed by atoms with E-state index in [1.54, 1.807) is 0 Å².